The molecule has 0 unspecified atom stereocenters. The van der Waals surface area contributed by atoms with Gasteiger partial charge in [0, 0.05) is 32.1 Å². The van der Waals surface area contributed by atoms with Gasteiger partial charge in [0.15, 0.2) is 10.5 Å². The van der Waals surface area contributed by atoms with Gasteiger partial charge < -0.3 is 4.43 Å². The maximum Gasteiger partial charge on any atom is 0.257 e. The summed E-state index contributed by atoms with van der Waals surface area (Å²) in [6.07, 6.45) is 0. The maximum atomic E-state index is 12.7. The van der Waals surface area contributed by atoms with Crippen molar-refractivity contribution in [1.29, 1.82) is 0 Å². The Morgan fingerprint density at radius 1 is 0.833 bits per heavy atom. The van der Waals surface area contributed by atoms with Crippen LogP contribution in [-0.2, 0) is 4.43 Å². The third-order valence-electron chi connectivity index (χ3n) is 4.28. The molecule has 0 aliphatic rings. The van der Waals surface area contributed by atoms with Gasteiger partial charge >= 0.3 is 0 Å². The highest BCUT2D eigenvalue weighted by Gasteiger charge is 2.39. The topological polar surface area (TPSA) is 49.9 Å². The lowest BCUT2D eigenvalue weighted by Crippen LogP contribution is -2.61. The molecule has 6 heteroatoms. The van der Waals surface area contributed by atoms with E-state index in [0.29, 0.717) is 21.6 Å². The van der Waals surface area contributed by atoms with Crippen LogP contribution in [0.5, 0.6) is 0 Å². The van der Waals surface area contributed by atoms with Crippen LogP contribution in [0.25, 0.3) is 0 Å². The SMILES string of the molecule is CN(C(=O)c1ccccc1)C(C)(O[SiH3])N(C)C(=O)c1ccccc1. The van der Waals surface area contributed by atoms with Crippen molar-refractivity contribution in [3.05, 3.63) is 71.8 Å². The zero-order valence-corrected chi connectivity index (χ0v) is 16.4. The molecule has 2 amide bonds. The first-order valence-corrected chi connectivity index (χ1v) is 8.45. The predicted molar refractivity (Wildman–Crippen MR) is 96.5 cm³/mol. The summed E-state index contributed by atoms with van der Waals surface area (Å²) in [6, 6.07) is 17.9. The van der Waals surface area contributed by atoms with Crippen LogP contribution in [0.15, 0.2) is 60.7 Å². The lowest BCUT2D eigenvalue weighted by atomic mass is 10.1. The van der Waals surface area contributed by atoms with Crippen LogP contribution < -0.4 is 0 Å². The summed E-state index contributed by atoms with van der Waals surface area (Å²) >= 11 is 0. The standard InChI is InChI=1S/C18H22N2O3Si/c1-18(23-24,19(2)16(21)14-10-6-4-7-11-14)20(3)17(22)15-12-8-5-9-13-15/h4-13H,1-3,24H3. The van der Waals surface area contributed by atoms with Crippen molar-refractivity contribution in [2.24, 2.45) is 0 Å². The van der Waals surface area contributed by atoms with Crippen LogP contribution in [0.4, 0.5) is 0 Å². The summed E-state index contributed by atoms with van der Waals surface area (Å²) in [5.74, 6) is -1.57. The Bertz CT molecular complexity index is 649. The Hall–Kier alpha value is -2.44. The van der Waals surface area contributed by atoms with Crippen molar-refractivity contribution < 1.29 is 14.0 Å². The molecule has 0 radical (unpaired) electrons. The number of carbonyl (C=O) groups is 2. The zero-order valence-electron chi connectivity index (χ0n) is 14.4. The first-order valence-electron chi connectivity index (χ1n) is 7.63. The predicted octanol–water partition coefficient (Wildman–Crippen LogP) is 1.50. The highest BCUT2D eigenvalue weighted by Crippen LogP contribution is 2.22. The Labute approximate surface area is 145 Å². The smallest absolute Gasteiger partial charge is 0.257 e. The van der Waals surface area contributed by atoms with E-state index in [2.05, 4.69) is 0 Å². The summed E-state index contributed by atoms with van der Waals surface area (Å²) in [6.45, 7) is 1.72. The van der Waals surface area contributed by atoms with E-state index in [0.717, 1.165) is 0 Å². The second-order valence-corrected chi connectivity index (χ2v) is 6.01. The lowest BCUT2D eigenvalue weighted by molar-refractivity contribution is -0.123. The molecule has 0 aromatic heterocycles. The summed E-state index contributed by atoms with van der Waals surface area (Å²) in [5, 5.41) is 0. The molecular formula is C18H22N2O3Si. The largest absolute Gasteiger partial charge is 0.390 e. The van der Waals surface area contributed by atoms with Crippen LogP contribution in [0, 0.1) is 0 Å². The van der Waals surface area contributed by atoms with Crippen LogP contribution in [0.2, 0.25) is 0 Å². The Kier molecular flexibility index (Phi) is 5.53. The molecule has 0 N–H and O–H groups in total. The van der Waals surface area contributed by atoms with Gasteiger partial charge in [-0.15, -0.1) is 0 Å². The fourth-order valence-electron chi connectivity index (χ4n) is 2.42. The molecule has 0 heterocycles. The van der Waals surface area contributed by atoms with Gasteiger partial charge in [0.25, 0.3) is 11.8 Å². The van der Waals surface area contributed by atoms with Gasteiger partial charge in [-0.05, 0) is 24.3 Å². The Morgan fingerprint density at radius 3 is 1.46 bits per heavy atom. The number of carbonyl (C=O) groups excluding carboxylic acids is 2. The van der Waals surface area contributed by atoms with E-state index in [1.807, 2.05) is 12.1 Å². The number of hydrogen-bond donors (Lipinski definition) is 0. The van der Waals surface area contributed by atoms with E-state index in [9.17, 15) is 9.59 Å². The summed E-state index contributed by atoms with van der Waals surface area (Å²) in [5.41, 5.74) is 1.09. The Balaban J connectivity index is 2.29. The minimum absolute atomic E-state index is 0.207. The van der Waals surface area contributed by atoms with E-state index < -0.39 is 5.85 Å². The van der Waals surface area contributed by atoms with Gasteiger partial charge in [-0.3, -0.25) is 19.4 Å². The van der Waals surface area contributed by atoms with Crippen molar-refractivity contribution in [2.45, 2.75) is 12.8 Å². The van der Waals surface area contributed by atoms with Crippen molar-refractivity contribution in [3.63, 3.8) is 0 Å². The van der Waals surface area contributed by atoms with Crippen molar-refractivity contribution in [2.75, 3.05) is 14.1 Å². The second kappa shape index (κ2) is 7.42. The van der Waals surface area contributed by atoms with Crippen LogP contribution >= 0.6 is 0 Å². The van der Waals surface area contributed by atoms with E-state index in [1.54, 1.807) is 69.6 Å². The van der Waals surface area contributed by atoms with Gasteiger partial charge in [0.2, 0.25) is 5.85 Å². The normalized spacial score (nSPS) is 11.1. The molecule has 0 aliphatic carbocycles. The van der Waals surface area contributed by atoms with Crippen LogP contribution in [-0.4, -0.2) is 52.0 Å². The first kappa shape index (κ1) is 17.9. The van der Waals surface area contributed by atoms with E-state index in [4.69, 9.17) is 4.43 Å². The number of hydrogen-bond acceptors (Lipinski definition) is 3. The highest BCUT2D eigenvalue weighted by molar-refractivity contribution is 6.00. The number of rotatable bonds is 5. The van der Waals surface area contributed by atoms with E-state index in [-0.39, 0.29) is 11.8 Å². The van der Waals surface area contributed by atoms with E-state index in [1.165, 1.54) is 9.80 Å². The Morgan fingerprint density at radius 2 is 1.17 bits per heavy atom. The number of amides is 2. The molecule has 2 rings (SSSR count). The monoisotopic (exact) mass is 342 g/mol. The van der Waals surface area contributed by atoms with Crippen molar-refractivity contribution >= 4 is 22.3 Å². The highest BCUT2D eigenvalue weighted by atomic mass is 28.2. The van der Waals surface area contributed by atoms with Gasteiger partial charge in [-0.25, -0.2) is 0 Å². The average Bonchev–Trinajstić information content (AvgIpc) is 2.66. The molecule has 0 aliphatic heterocycles. The van der Waals surface area contributed by atoms with Gasteiger partial charge in [0.1, 0.15) is 0 Å². The quantitative estimate of drug-likeness (QED) is 0.611. The fourth-order valence-corrected chi connectivity index (χ4v) is 2.97. The first-order chi connectivity index (χ1) is 11.4. The lowest BCUT2D eigenvalue weighted by Gasteiger charge is -2.44. The second-order valence-electron chi connectivity index (χ2n) is 5.60. The molecule has 126 valence electrons. The van der Waals surface area contributed by atoms with Gasteiger partial charge in [-0.1, -0.05) is 36.4 Å². The fraction of sp³-hybridized carbons (Fsp3) is 0.222. The molecule has 5 nitrogen and oxygen atoms in total. The summed E-state index contributed by atoms with van der Waals surface area (Å²) < 4.78 is 5.70. The maximum absolute atomic E-state index is 12.7. The third-order valence-corrected chi connectivity index (χ3v) is 5.06. The van der Waals surface area contributed by atoms with Gasteiger partial charge in [-0.2, -0.15) is 0 Å². The minimum atomic E-state index is -1.16. The number of nitrogens with zero attached hydrogens (tertiary/aromatic N) is 2. The molecule has 2 aromatic carbocycles. The van der Waals surface area contributed by atoms with Crippen molar-refractivity contribution in [1.82, 2.24) is 9.80 Å². The molecule has 0 bridgehead atoms. The molecule has 0 spiro atoms. The van der Waals surface area contributed by atoms with Crippen molar-refractivity contribution in [3.8, 4) is 0 Å². The van der Waals surface area contributed by atoms with Crippen LogP contribution in [0.3, 0.4) is 0 Å². The average molecular weight is 342 g/mol. The molecule has 0 saturated carbocycles. The minimum Gasteiger partial charge on any atom is -0.390 e. The molecule has 0 saturated heterocycles. The van der Waals surface area contributed by atoms with E-state index >= 15 is 0 Å². The third kappa shape index (κ3) is 3.39. The zero-order chi connectivity index (χ0) is 17.7. The molecule has 0 fully saturated rings. The molecule has 24 heavy (non-hydrogen) atoms. The summed E-state index contributed by atoms with van der Waals surface area (Å²) in [7, 11) is 3.65. The number of benzene rings is 2. The molecule has 2 aromatic rings. The summed E-state index contributed by atoms with van der Waals surface area (Å²) in [4.78, 5) is 28.4. The molecule has 0 atom stereocenters. The molecular weight excluding hydrogens is 320 g/mol. The van der Waals surface area contributed by atoms with Gasteiger partial charge in [0.05, 0.1) is 0 Å². The van der Waals surface area contributed by atoms with Crippen LogP contribution in [0.1, 0.15) is 27.6 Å².